The maximum Gasteiger partial charge on any atom is 0.340 e. The fourth-order valence-corrected chi connectivity index (χ4v) is 2.76. The van der Waals surface area contributed by atoms with Crippen LogP contribution >= 0.6 is 0 Å². The van der Waals surface area contributed by atoms with E-state index in [4.69, 9.17) is 16.2 Å². The summed E-state index contributed by atoms with van der Waals surface area (Å²) >= 11 is 0. The number of piperidine rings is 1. The molecule has 1 fully saturated rings. The zero-order valence-electron chi connectivity index (χ0n) is 12.4. The van der Waals surface area contributed by atoms with Crippen molar-refractivity contribution in [1.29, 1.82) is 0 Å². The second-order valence-electron chi connectivity index (χ2n) is 5.32. The number of anilines is 2. The van der Waals surface area contributed by atoms with Crippen molar-refractivity contribution in [1.82, 2.24) is 0 Å². The Bertz CT molecular complexity index is 572. The van der Waals surface area contributed by atoms with Crippen molar-refractivity contribution in [3.8, 4) is 0 Å². The molecule has 21 heavy (non-hydrogen) atoms. The molecule has 1 aliphatic rings. The topological polar surface area (TPSA) is 98.6 Å². The molecule has 0 aliphatic carbocycles. The number of esters is 1. The molecule has 1 atom stereocenters. The Morgan fingerprint density at radius 2 is 2.05 bits per heavy atom. The average Bonchev–Trinajstić information content (AvgIpc) is 2.49. The number of rotatable bonds is 3. The molecule has 1 amide bonds. The van der Waals surface area contributed by atoms with Gasteiger partial charge in [-0.15, -0.1) is 0 Å². The molecule has 0 bridgehead atoms. The Balaban J connectivity index is 2.45. The maximum absolute atomic E-state index is 11.8. The van der Waals surface area contributed by atoms with Gasteiger partial charge in [-0.2, -0.15) is 0 Å². The molecule has 0 radical (unpaired) electrons. The van der Waals surface area contributed by atoms with Crippen LogP contribution in [0.4, 0.5) is 11.4 Å². The third-order valence-corrected chi connectivity index (χ3v) is 3.94. The van der Waals surface area contributed by atoms with Gasteiger partial charge in [0, 0.05) is 17.9 Å². The molecular weight excluding hydrogens is 270 g/mol. The van der Waals surface area contributed by atoms with Gasteiger partial charge in [0.1, 0.15) is 6.04 Å². The molecule has 1 saturated heterocycles. The summed E-state index contributed by atoms with van der Waals surface area (Å²) in [7, 11) is 1.32. The molecule has 1 unspecified atom stereocenters. The lowest BCUT2D eigenvalue weighted by molar-refractivity contribution is -0.119. The lowest BCUT2D eigenvalue weighted by atomic mass is 9.98. The quantitative estimate of drug-likeness (QED) is 0.644. The number of benzene rings is 1. The number of hydrogen-bond acceptors (Lipinski definition) is 5. The number of methoxy groups -OCH3 is 1. The second-order valence-corrected chi connectivity index (χ2v) is 5.32. The van der Waals surface area contributed by atoms with Crippen molar-refractivity contribution in [3.05, 3.63) is 23.3 Å². The lowest BCUT2D eigenvalue weighted by Gasteiger charge is -2.36. The fourth-order valence-electron chi connectivity index (χ4n) is 2.76. The predicted molar refractivity (Wildman–Crippen MR) is 81.1 cm³/mol. The first kappa shape index (κ1) is 15.2. The highest BCUT2D eigenvalue weighted by atomic mass is 16.5. The van der Waals surface area contributed by atoms with Crippen LogP contribution in [-0.2, 0) is 9.53 Å². The number of ether oxygens (including phenoxy) is 1. The summed E-state index contributed by atoms with van der Waals surface area (Å²) in [6.45, 7) is 2.56. The van der Waals surface area contributed by atoms with E-state index in [1.807, 2.05) is 17.9 Å². The van der Waals surface area contributed by atoms with Crippen LogP contribution in [0.1, 0.15) is 35.2 Å². The molecule has 0 spiro atoms. The van der Waals surface area contributed by atoms with Crippen molar-refractivity contribution >= 4 is 23.3 Å². The number of nitrogens with zero attached hydrogens (tertiary/aromatic N) is 1. The summed E-state index contributed by atoms with van der Waals surface area (Å²) in [4.78, 5) is 25.4. The number of aryl methyl sites for hydroxylation is 1. The van der Waals surface area contributed by atoms with Gasteiger partial charge in [0.25, 0.3) is 0 Å². The molecule has 1 aromatic carbocycles. The van der Waals surface area contributed by atoms with E-state index in [1.54, 1.807) is 6.07 Å². The van der Waals surface area contributed by atoms with Crippen molar-refractivity contribution < 1.29 is 14.3 Å². The van der Waals surface area contributed by atoms with E-state index in [0.717, 1.165) is 37.1 Å². The number of nitrogens with two attached hydrogens (primary N) is 2. The van der Waals surface area contributed by atoms with E-state index < -0.39 is 5.97 Å². The zero-order valence-corrected chi connectivity index (χ0v) is 12.4. The summed E-state index contributed by atoms with van der Waals surface area (Å²) < 4.78 is 4.76. The Kier molecular flexibility index (Phi) is 4.35. The molecule has 0 aromatic heterocycles. The smallest absolute Gasteiger partial charge is 0.340 e. The molecular formula is C15H21N3O3. The van der Waals surface area contributed by atoms with E-state index in [9.17, 15) is 9.59 Å². The third kappa shape index (κ3) is 2.94. The molecule has 6 nitrogen and oxygen atoms in total. The van der Waals surface area contributed by atoms with Crippen molar-refractivity contribution in [3.63, 3.8) is 0 Å². The minimum Gasteiger partial charge on any atom is -0.465 e. The van der Waals surface area contributed by atoms with Gasteiger partial charge in [-0.25, -0.2) is 4.79 Å². The Morgan fingerprint density at radius 1 is 1.33 bits per heavy atom. The number of primary amides is 1. The van der Waals surface area contributed by atoms with Crippen LogP contribution in [0.15, 0.2) is 12.1 Å². The van der Waals surface area contributed by atoms with E-state index >= 15 is 0 Å². The Labute approximate surface area is 124 Å². The van der Waals surface area contributed by atoms with Gasteiger partial charge in [-0.05, 0) is 43.9 Å². The minimum absolute atomic E-state index is 0.321. The van der Waals surface area contributed by atoms with Gasteiger partial charge in [0.2, 0.25) is 5.91 Å². The highest BCUT2D eigenvalue weighted by molar-refractivity contribution is 5.97. The lowest BCUT2D eigenvalue weighted by Crippen LogP contribution is -2.48. The fraction of sp³-hybridized carbons (Fsp3) is 0.467. The number of carbonyl (C=O) groups excluding carboxylic acids is 2. The molecule has 1 aromatic rings. The summed E-state index contributed by atoms with van der Waals surface area (Å²) in [6, 6.07) is 3.21. The Hall–Kier alpha value is -2.24. The minimum atomic E-state index is -0.481. The SMILES string of the molecule is COC(=O)c1cc(N2CCCCC2C(N)=O)cc(C)c1N. The van der Waals surface area contributed by atoms with Crippen molar-refractivity contribution in [2.24, 2.45) is 5.73 Å². The van der Waals surface area contributed by atoms with Gasteiger partial charge >= 0.3 is 5.97 Å². The van der Waals surface area contributed by atoms with Gasteiger partial charge in [0.05, 0.1) is 12.7 Å². The van der Waals surface area contributed by atoms with Crippen LogP contribution in [0.2, 0.25) is 0 Å². The number of nitrogen functional groups attached to an aromatic ring is 1. The molecule has 2 rings (SSSR count). The van der Waals surface area contributed by atoms with Crippen LogP contribution in [0.25, 0.3) is 0 Å². The molecule has 0 saturated carbocycles. The van der Waals surface area contributed by atoms with Crippen molar-refractivity contribution in [2.45, 2.75) is 32.2 Å². The molecule has 114 valence electrons. The highest BCUT2D eigenvalue weighted by Crippen LogP contribution is 2.30. The zero-order chi connectivity index (χ0) is 15.6. The largest absolute Gasteiger partial charge is 0.465 e. The number of amides is 1. The standard InChI is InChI=1S/C15H21N3O3/c1-9-7-10(8-11(13(9)16)15(20)21-2)18-6-4-3-5-12(18)14(17)19/h7-8,12H,3-6,16H2,1-2H3,(H2,17,19). The van der Waals surface area contributed by atoms with Crippen LogP contribution in [0.3, 0.4) is 0 Å². The third-order valence-electron chi connectivity index (χ3n) is 3.94. The maximum atomic E-state index is 11.8. The monoisotopic (exact) mass is 291 g/mol. The van der Waals surface area contributed by atoms with E-state index in [-0.39, 0.29) is 11.9 Å². The van der Waals surface area contributed by atoms with Crippen LogP contribution in [-0.4, -0.2) is 31.6 Å². The van der Waals surface area contributed by atoms with Crippen LogP contribution < -0.4 is 16.4 Å². The molecule has 1 heterocycles. The normalized spacial score (nSPS) is 18.4. The average molecular weight is 291 g/mol. The van der Waals surface area contributed by atoms with Crippen LogP contribution in [0.5, 0.6) is 0 Å². The van der Waals surface area contributed by atoms with Gasteiger partial charge in [-0.1, -0.05) is 0 Å². The summed E-state index contributed by atoms with van der Waals surface area (Å²) in [6.07, 6.45) is 2.69. The van der Waals surface area contributed by atoms with E-state index in [0.29, 0.717) is 11.3 Å². The summed E-state index contributed by atoms with van der Waals surface area (Å²) in [5, 5.41) is 0. The van der Waals surface area contributed by atoms with Gasteiger partial charge in [-0.3, -0.25) is 4.79 Å². The van der Waals surface area contributed by atoms with Crippen molar-refractivity contribution in [2.75, 3.05) is 24.3 Å². The van der Waals surface area contributed by atoms with E-state index in [2.05, 4.69) is 0 Å². The molecule has 1 aliphatic heterocycles. The first-order chi connectivity index (χ1) is 9.95. The first-order valence-electron chi connectivity index (χ1n) is 7.00. The number of hydrogen-bond donors (Lipinski definition) is 2. The summed E-state index contributed by atoms with van der Waals surface area (Å²) in [5.41, 5.74) is 13.7. The van der Waals surface area contributed by atoms with Gasteiger partial charge < -0.3 is 21.1 Å². The molecule has 6 heteroatoms. The number of carbonyl (C=O) groups is 2. The molecule has 4 N–H and O–H groups in total. The second kappa shape index (κ2) is 6.03. The van der Waals surface area contributed by atoms with E-state index in [1.165, 1.54) is 7.11 Å². The Morgan fingerprint density at radius 3 is 2.67 bits per heavy atom. The predicted octanol–water partition coefficient (Wildman–Crippen LogP) is 1.21. The highest BCUT2D eigenvalue weighted by Gasteiger charge is 2.28. The summed E-state index contributed by atoms with van der Waals surface area (Å²) in [5.74, 6) is -0.825. The van der Waals surface area contributed by atoms with Gasteiger partial charge in [0.15, 0.2) is 0 Å². The van der Waals surface area contributed by atoms with Crippen LogP contribution in [0, 0.1) is 6.92 Å². The first-order valence-corrected chi connectivity index (χ1v) is 7.00.